The Hall–Kier alpha value is -1.60. The van der Waals surface area contributed by atoms with Gasteiger partial charge in [0.1, 0.15) is 5.75 Å². The standard InChI is InChI=1S/C12H15F7N2O4S/c1-20-8(22)6-26(24,25)7-2-4-21(5-3-7)9(23)10(13,14)11(15,16)12(17,18)19/h7H,2-6H2,1H3,(H,20,22). The molecule has 26 heavy (non-hydrogen) atoms. The van der Waals surface area contributed by atoms with Crippen LogP contribution in [0.4, 0.5) is 30.7 Å². The molecule has 0 atom stereocenters. The van der Waals surface area contributed by atoms with E-state index in [1.165, 1.54) is 7.05 Å². The molecule has 1 N–H and O–H groups in total. The molecule has 0 saturated carbocycles. The van der Waals surface area contributed by atoms with Crippen LogP contribution in [0.2, 0.25) is 0 Å². The van der Waals surface area contributed by atoms with Crippen molar-refractivity contribution in [2.75, 3.05) is 25.9 Å². The van der Waals surface area contributed by atoms with Gasteiger partial charge in [0.25, 0.3) is 5.91 Å². The summed E-state index contributed by atoms with van der Waals surface area (Å²) in [6, 6.07) is 0. The number of piperidine rings is 1. The van der Waals surface area contributed by atoms with E-state index in [9.17, 15) is 48.7 Å². The third-order valence-electron chi connectivity index (χ3n) is 3.87. The van der Waals surface area contributed by atoms with Crippen LogP contribution in [0.25, 0.3) is 0 Å². The zero-order valence-electron chi connectivity index (χ0n) is 13.2. The molecule has 0 radical (unpaired) electrons. The Balaban J connectivity index is 2.85. The predicted molar refractivity (Wildman–Crippen MR) is 73.4 cm³/mol. The van der Waals surface area contributed by atoms with Crippen molar-refractivity contribution in [3.05, 3.63) is 0 Å². The highest BCUT2D eigenvalue weighted by molar-refractivity contribution is 7.92. The Morgan fingerprint density at radius 2 is 1.50 bits per heavy atom. The SMILES string of the molecule is CNC(=O)CS(=O)(=O)C1CCN(C(=O)C(F)(F)C(F)(F)C(F)(F)F)CC1. The maximum atomic E-state index is 13.4. The first-order valence-electron chi connectivity index (χ1n) is 7.11. The van der Waals surface area contributed by atoms with Crippen molar-refractivity contribution < 1.29 is 48.7 Å². The molecule has 0 aromatic carbocycles. The minimum atomic E-state index is -6.64. The first-order valence-corrected chi connectivity index (χ1v) is 8.83. The van der Waals surface area contributed by atoms with E-state index in [0.717, 1.165) is 0 Å². The van der Waals surface area contributed by atoms with E-state index in [1.807, 2.05) is 0 Å². The Kier molecular flexibility index (Phi) is 6.21. The van der Waals surface area contributed by atoms with Gasteiger partial charge in [-0.05, 0) is 12.8 Å². The number of nitrogens with one attached hydrogen (secondary N) is 1. The van der Waals surface area contributed by atoms with Crippen molar-refractivity contribution in [3.63, 3.8) is 0 Å². The van der Waals surface area contributed by atoms with Gasteiger partial charge in [-0.3, -0.25) is 9.59 Å². The molecule has 152 valence electrons. The Morgan fingerprint density at radius 3 is 1.88 bits per heavy atom. The number of alkyl halides is 7. The number of hydrogen-bond donors (Lipinski definition) is 1. The van der Waals surface area contributed by atoms with Gasteiger partial charge in [-0.1, -0.05) is 0 Å². The number of nitrogens with zero attached hydrogens (tertiary/aromatic N) is 1. The summed E-state index contributed by atoms with van der Waals surface area (Å²) in [7, 11) is -2.81. The molecule has 1 saturated heterocycles. The van der Waals surface area contributed by atoms with Crippen LogP contribution in [0.5, 0.6) is 0 Å². The Bertz CT molecular complexity index is 655. The van der Waals surface area contributed by atoms with Crippen LogP contribution in [0, 0.1) is 0 Å². The molecule has 0 aliphatic carbocycles. The molecule has 0 aromatic heterocycles. The van der Waals surface area contributed by atoms with Gasteiger partial charge in [-0.25, -0.2) is 8.42 Å². The van der Waals surface area contributed by atoms with E-state index in [4.69, 9.17) is 0 Å². The van der Waals surface area contributed by atoms with Gasteiger partial charge in [0.2, 0.25) is 5.91 Å². The second kappa shape index (κ2) is 7.19. The monoisotopic (exact) mass is 416 g/mol. The normalized spacial score (nSPS) is 17.9. The van der Waals surface area contributed by atoms with E-state index in [2.05, 4.69) is 5.32 Å². The number of amides is 2. The molecule has 0 unspecified atom stereocenters. The summed E-state index contributed by atoms with van der Waals surface area (Å²) in [5.74, 6) is -17.1. The average Bonchev–Trinajstić information content (AvgIpc) is 2.52. The molecule has 1 aliphatic heterocycles. The summed E-state index contributed by atoms with van der Waals surface area (Å²) in [6.45, 7) is -1.53. The summed E-state index contributed by atoms with van der Waals surface area (Å²) >= 11 is 0. The maximum Gasteiger partial charge on any atom is 0.460 e. The quantitative estimate of drug-likeness (QED) is 0.678. The molecule has 0 aromatic rings. The lowest BCUT2D eigenvalue weighted by Gasteiger charge is -2.35. The number of likely N-dealkylation sites (tertiary alicyclic amines) is 1. The number of carbonyl (C=O) groups is 2. The van der Waals surface area contributed by atoms with Crippen LogP contribution in [0.1, 0.15) is 12.8 Å². The van der Waals surface area contributed by atoms with E-state index in [0.29, 0.717) is 0 Å². The van der Waals surface area contributed by atoms with E-state index >= 15 is 0 Å². The molecular weight excluding hydrogens is 401 g/mol. The lowest BCUT2D eigenvalue weighted by atomic mass is 10.1. The largest absolute Gasteiger partial charge is 0.460 e. The van der Waals surface area contributed by atoms with E-state index < -0.39 is 76.6 Å². The third kappa shape index (κ3) is 4.20. The van der Waals surface area contributed by atoms with Crippen molar-refractivity contribution in [3.8, 4) is 0 Å². The average molecular weight is 416 g/mol. The van der Waals surface area contributed by atoms with Crippen molar-refractivity contribution in [1.82, 2.24) is 10.2 Å². The van der Waals surface area contributed by atoms with Gasteiger partial charge in [-0.2, -0.15) is 30.7 Å². The number of rotatable bonds is 5. The van der Waals surface area contributed by atoms with Crippen LogP contribution < -0.4 is 5.32 Å². The Morgan fingerprint density at radius 1 is 1.04 bits per heavy atom. The fraction of sp³-hybridized carbons (Fsp3) is 0.833. The molecule has 0 bridgehead atoms. The molecule has 1 heterocycles. The van der Waals surface area contributed by atoms with Crippen LogP contribution in [-0.2, 0) is 19.4 Å². The summed E-state index contributed by atoms with van der Waals surface area (Å²) in [5.41, 5.74) is 0. The highest BCUT2D eigenvalue weighted by Gasteiger charge is 2.76. The lowest BCUT2D eigenvalue weighted by molar-refractivity contribution is -0.346. The molecule has 14 heteroatoms. The van der Waals surface area contributed by atoms with Crippen LogP contribution >= 0.6 is 0 Å². The highest BCUT2D eigenvalue weighted by Crippen LogP contribution is 2.47. The number of sulfone groups is 1. The molecule has 0 spiro atoms. The van der Waals surface area contributed by atoms with Gasteiger partial charge in [0.15, 0.2) is 9.84 Å². The van der Waals surface area contributed by atoms with Crippen LogP contribution in [-0.4, -0.2) is 74.3 Å². The summed E-state index contributed by atoms with van der Waals surface area (Å²) in [4.78, 5) is 22.7. The summed E-state index contributed by atoms with van der Waals surface area (Å²) in [5, 5.41) is 0.858. The van der Waals surface area contributed by atoms with E-state index in [-0.39, 0.29) is 4.90 Å². The molecule has 1 fully saturated rings. The lowest BCUT2D eigenvalue weighted by Crippen LogP contribution is -2.61. The van der Waals surface area contributed by atoms with Crippen LogP contribution in [0.15, 0.2) is 0 Å². The second-order valence-electron chi connectivity index (χ2n) is 5.62. The topological polar surface area (TPSA) is 83.6 Å². The fourth-order valence-electron chi connectivity index (χ4n) is 2.30. The number of halogens is 7. The molecule has 6 nitrogen and oxygen atoms in total. The third-order valence-corrected chi connectivity index (χ3v) is 6.02. The van der Waals surface area contributed by atoms with Crippen LogP contribution in [0.3, 0.4) is 0 Å². The van der Waals surface area contributed by atoms with Gasteiger partial charge in [0, 0.05) is 20.1 Å². The van der Waals surface area contributed by atoms with Gasteiger partial charge >= 0.3 is 18.0 Å². The molecule has 1 rings (SSSR count). The molecule has 2 amide bonds. The first-order chi connectivity index (χ1) is 11.6. The zero-order chi connectivity index (χ0) is 20.6. The van der Waals surface area contributed by atoms with Gasteiger partial charge < -0.3 is 10.2 Å². The predicted octanol–water partition coefficient (Wildman–Crippen LogP) is 0.971. The minimum Gasteiger partial charge on any atom is -0.358 e. The van der Waals surface area contributed by atoms with Gasteiger partial charge in [0.05, 0.1) is 5.25 Å². The number of hydrogen-bond acceptors (Lipinski definition) is 4. The molecular formula is C12H15F7N2O4S. The Labute approximate surface area is 143 Å². The van der Waals surface area contributed by atoms with Crippen molar-refractivity contribution in [1.29, 1.82) is 0 Å². The van der Waals surface area contributed by atoms with Gasteiger partial charge in [-0.15, -0.1) is 0 Å². The van der Waals surface area contributed by atoms with Crippen molar-refractivity contribution in [2.45, 2.75) is 36.1 Å². The maximum absolute atomic E-state index is 13.4. The van der Waals surface area contributed by atoms with Crippen molar-refractivity contribution >= 4 is 21.7 Å². The number of carbonyl (C=O) groups excluding carboxylic acids is 2. The zero-order valence-corrected chi connectivity index (χ0v) is 14.1. The minimum absolute atomic E-state index is 0.0611. The smallest absolute Gasteiger partial charge is 0.358 e. The first kappa shape index (κ1) is 22.4. The van der Waals surface area contributed by atoms with Crippen molar-refractivity contribution in [2.24, 2.45) is 0 Å². The second-order valence-corrected chi connectivity index (χ2v) is 7.90. The van der Waals surface area contributed by atoms with E-state index in [1.54, 1.807) is 0 Å². The highest BCUT2D eigenvalue weighted by atomic mass is 32.2. The summed E-state index contributed by atoms with van der Waals surface area (Å²) < 4.78 is 113. The fourth-order valence-corrected chi connectivity index (χ4v) is 3.98. The molecule has 1 aliphatic rings. The summed E-state index contributed by atoms with van der Waals surface area (Å²) in [6.07, 6.45) is -7.58.